The minimum Gasteiger partial charge on any atom is -0.481 e. The second-order valence-corrected chi connectivity index (χ2v) is 28.0. The standard InChI is InChI=1S/C61H59N13O14S6/c1-27(2)34-17-40(75)45-28(3)93-57(72-45)36(18-43(76)62-4)66-50(79)38-24-89-53(68-38)33-15-16-35(55-70-42(26-92-55)74(20-31-21-87-52(64-31)60(83)84)61(85)88-32-13-11-30(12-14-32)59(81)82)65-46(33)37-23-90-56(67-37)39-25-91-58(69-39)48(49(78)29-9-7-6-8-10-29)71-44(77)19-63-51(80)47-41(22-86-5)94-54(34)73-47/h6-10,15-16,21,23-27,30,32,34,36,48-49,78H,11-14,17-20,22H2,1-5H3,(H,62,76)(H,63,80)(H,66,79)(H,71,77)(H,81,82)(H,83,84)/t30?,32?,34?,36-,48-,49-/m0/s1. The molecule has 1 unspecified atom stereocenters. The number of hydrogen-bond donors (Lipinski definition) is 7. The lowest BCUT2D eigenvalue weighted by atomic mass is 9.87. The third kappa shape index (κ3) is 15.0. The van der Waals surface area contributed by atoms with Gasteiger partial charge in [-0.15, -0.1) is 68.0 Å². The van der Waals surface area contributed by atoms with E-state index in [1.807, 2.05) is 13.8 Å². The zero-order valence-electron chi connectivity index (χ0n) is 50.6. The molecule has 0 radical (unpaired) electrons. The minimum atomic E-state index is -1.42. The number of thiazole rings is 6. The van der Waals surface area contributed by atoms with Crippen molar-refractivity contribution in [2.24, 2.45) is 11.8 Å². The highest BCUT2D eigenvalue weighted by Crippen LogP contribution is 2.41. The second-order valence-electron chi connectivity index (χ2n) is 22.2. The van der Waals surface area contributed by atoms with Crippen LogP contribution >= 0.6 is 68.0 Å². The number of aryl methyl sites for hydroxylation is 1. The summed E-state index contributed by atoms with van der Waals surface area (Å²) < 4.78 is 16.5. The maximum absolute atomic E-state index is 14.5. The quantitative estimate of drug-likeness (QED) is 0.0532. The fourth-order valence-corrected chi connectivity index (χ4v) is 16.1. The smallest absolute Gasteiger partial charge is 0.416 e. The van der Waals surface area contributed by atoms with Crippen molar-refractivity contribution in [2.75, 3.05) is 25.6 Å². The lowest BCUT2D eigenvalue weighted by molar-refractivity contribution is -0.143. The number of nitrogens with one attached hydrogen (secondary N) is 4. The molecule has 1 aliphatic heterocycles. The van der Waals surface area contributed by atoms with Gasteiger partial charge in [-0.3, -0.25) is 33.7 Å². The lowest BCUT2D eigenvalue weighted by Crippen LogP contribution is -2.40. The predicted molar refractivity (Wildman–Crippen MR) is 348 cm³/mol. The Bertz CT molecular complexity index is 4320. The number of methoxy groups -OCH3 is 1. The number of aliphatic carboxylic acids is 1. The number of anilines is 1. The van der Waals surface area contributed by atoms with Crippen molar-refractivity contribution in [3.8, 4) is 43.4 Å². The van der Waals surface area contributed by atoms with Crippen LogP contribution in [0.4, 0.5) is 10.6 Å². The van der Waals surface area contributed by atoms with Crippen molar-refractivity contribution >= 4 is 121 Å². The predicted octanol–water partition coefficient (Wildman–Crippen LogP) is 9.67. The summed E-state index contributed by atoms with van der Waals surface area (Å²) in [6.07, 6.45) is -0.768. The van der Waals surface area contributed by atoms with Crippen LogP contribution in [0.25, 0.3) is 43.4 Å². The van der Waals surface area contributed by atoms with Crippen molar-refractivity contribution in [3.05, 3.63) is 129 Å². The number of aromatic carboxylic acids is 1. The topological polar surface area (TPSA) is 383 Å². The van der Waals surface area contributed by atoms with Crippen molar-refractivity contribution in [2.45, 2.75) is 103 Å². The lowest BCUT2D eigenvalue weighted by Gasteiger charge is -2.28. The Morgan fingerprint density at radius 2 is 1.46 bits per heavy atom. The fraction of sp³-hybridized carbons (Fsp3) is 0.344. The molecule has 11 rings (SSSR count). The summed E-state index contributed by atoms with van der Waals surface area (Å²) in [6, 6.07) is 9.95. The highest BCUT2D eigenvalue weighted by atomic mass is 32.1. The second kappa shape index (κ2) is 29.1. The molecule has 9 aromatic rings. The van der Waals surface area contributed by atoms with Gasteiger partial charge in [0.2, 0.25) is 11.8 Å². The van der Waals surface area contributed by atoms with Crippen molar-refractivity contribution in [3.63, 3.8) is 0 Å². The first-order valence-corrected chi connectivity index (χ1v) is 34.4. The fourth-order valence-electron chi connectivity index (χ4n) is 10.5. The summed E-state index contributed by atoms with van der Waals surface area (Å²) in [7, 11) is 2.93. The molecule has 1 aromatic carbocycles. The Morgan fingerprint density at radius 1 is 0.745 bits per heavy atom. The van der Waals surface area contributed by atoms with Gasteiger partial charge in [0.25, 0.3) is 11.8 Å². The number of ketones is 1. The number of nitrogens with zero attached hydrogens (tertiary/aromatic N) is 9. The number of aromatic nitrogens is 8. The third-order valence-corrected chi connectivity index (χ3v) is 21.2. The van der Waals surface area contributed by atoms with Gasteiger partial charge in [0, 0.05) is 58.5 Å². The summed E-state index contributed by atoms with van der Waals surface area (Å²) in [5.41, 5.74) is 2.40. The van der Waals surface area contributed by atoms with Crippen molar-refractivity contribution in [1.29, 1.82) is 0 Å². The molecule has 33 heteroatoms. The summed E-state index contributed by atoms with van der Waals surface area (Å²) >= 11 is 6.99. The Hall–Kier alpha value is -8.96. The SMILES string of the molecule is CNC(=O)C[C@@H]1NC(=O)c2csc(n2)-c2ccc(-c3nc(N(Cc4coc(C(=O)O)n4)C(=O)OC4CCC(C(=O)O)CC4)cs3)nc2-c2csc(n2)-c2csc(n2)[C@H]([C@@H](O)c2ccccc2)NC(=O)CNC(=O)c2nc(sc2COC)C(C(C)C)CC(=O)c2nc1sc2C. The summed E-state index contributed by atoms with van der Waals surface area (Å²) in [5.74, 6) is -6.83. The van der Waals surface area contributed by atoms with Gasteiger partial charge in [-0.1, -0.05) is 44.2 Å². The van der Waals surface area contributed by atoms with E-state index < -0.39 is 90.2 Å². The number of aliphatic hydroxyl groups excluding tert-OH is 1. The molecule has 2 aliphatic rings. The molecular formula is C61H59N13O14S6. The molecule has 0 spiro atoms. The molecule has 5 amide bonds. The van der Waals surface area contributed by atoms with E-state index in [1.165, 1.54) is 36.8 Å². The van der Waals surface area contributed by atoms with Crippen LogP contribution in [-0.4, -0.2) is 129 Å². The van der Waals surface area contributed by atoms with E-state index in [4.69, 9.17) is 48.8 Å². The van der Waals surface area contributed by atoms with Gasteiger partial charge >= 0.3 is 23.9 Å². The molecule has 1 aliphatic carbocycles. The van der Waals surface area contributed by atoms with Gasteiger partial charge in [-0.2, -0.15) is 0 Å². The summed E-state index contributed by atoms with van der Waals surface area (Å²) in [4.78, 5) is 148. The number of pyridine rings is 1. The molecule has 10 bridgehead atoms. The van der Waals surface area contributed by atoms with Crippen LogP contribution in [0.2, 0.25) is 0 Å². The molecule has 1 fully saturated rings. The molecule has 94 heavy (non-hydrogen) atoms. The number of Topliss-reactive ketones (excluding diaryl/α,β-unsaturated/α-hetero) is 1. The first-order valence-electron chi connectivity index (χ1n) is 29.3. The monoisotopic (exact) mass is 1390 g/mol. The number of carbonyl (C=O) groups excluding carboxylic acids is 6. The van der Waals surface area contributed by atoms with E-state index in [1.54, 1.807) is 70.9 Å². The van der Waals surface area contributed by atoms with Crippen molar-refractivity contribution < 1.29 is 67.6 Å². The van der Waals surface area contributed by atoms with Crippen LogP contribution in [0.1, 0.15) is 155 Å². The Morgan fingerprint density at radius 3 is 2.18 bits per heavy atom. The number of aliphatic hydroxyl groups is 1. The number of carboxylic acid groups (broad SMARTS) is 2. The number of ether oxygens (including phenoxy) is 2. The first kappa shape index (κ1) is 66.5. The molecule has 7 N–H and O–H groups in total. The molecule has 9 heterocycles. The third-order valence-electron chi connectivity index (χ3n) is 15.4. The number of benzene rings is 1. The number of hydrogen-bond acceptors (Lipinski definition) is 26. The van der Waals surface area contributed by atoms with Crippen LogP contribution in [0.3, 0.4) is 0 Å². The van der Waals surface area contributed by atoms with Gasteiger partial charge in [0.15, 0.2) is 5.78 Å². The largest absolute Gasteiger partial charge is 0.481 e. The van der Waals surface area contributed by atoms with Crippen LogP contribution in [-0.2, 0) is 37.0 Å². The van der Waals surface area contributed by atoms with Crippen LogP contribution in [0, 0.1) is 18.8 Å². The van der Waals surface area contributed by atoms with Gasteiger partial charge < -0.3 is 50.5 Å². The maximum atomic E-state index is 14.5. The minimum absolute atomic E-state index is 0.00706. The number of oxazole rings is 1. The first-order chi connectivity index (χ1) is 45.2. The van der Waals surface area contributed by atoms with Gasteiger partial charge in [-0.05, 0) is 56.2 Å². The Labute approximate surface area is 559 Å². The van der Waals surface area contributed by atoms with Crippen LogP contribution in [0.5, 0.6) is 0 Å². The molecule has 8 aromatic heterocycles. The summed E-state index contributed by atoms with van der Waals surface area (Å²) in [6.45, 7) is 4.74. The van der Waals surface area contributed by atoms with E-state index in [0.29, 0.717) is 93.7 Å². The van der Waals surface area contributed by atoms with E-state index in [2.05, 4.69) is 26.3 Å². The molecule has 0 saturated heterocycles. The van der Waals surface area contributed by atoms with E-state index in [9.17, 15) is 53.7 Å². The van der Waals surface area contributed by atoms with Gasteiger partial charge in [0.1, 0.15) is 89.5 Å². The average molecular weight is 1390 g/mol. The molecule has 4 atom stereocenters. The zero-order valence-corrected chi connectivity index (χ0v) is 55.5. The summed E-state index contributed by atoms with van der Waals surface area (Å²) in [5, 5.41) is 51.0. The normalized spacial score (nSPS) is 18.4. The van der Waals surface area contributed by atoms with E-state index in [0.717, 1.165) is 56.5 Å². The Kier molecular flexibility index (Phi) is 20.6. The molecule has 1 saturated carbocycles. The number of carboxylic acids is 2. The highest BCUT2D eigenvalue weighted by Gasteiger charge is 2.35. The number of amides is 5. The zero-order chi connectivity index (χ0) is 66.5. The Balaban J connectivity index is 0.980. The number of fused-ring (bicyclic) bond motifs is 14. The average Bonchev–Trinajstić information content (AvgIpc) is 1.63. The van der Waals surface area contributed by atoms with Gasteiger partial charge in [-0.25, -0.2) is 49.5 Å². The van der Waals surface area contributed by atoms with Crippen molar-refractivity contribution in [1.82, 2.24) is 61.1 Å². The molecular weight excluding hydrogens is 1330 g/mol. The van der Waals surface area contributed by atoms with Crippen LogP contribution in [0.15, 0.2) is 74.7 Å². The van der Waals surface area contributed by atoms with E-state index >= 15 is 0 Å². The molecule has 27 nitrogen and oxygen atoms in total. The maximum Gasteiger partial charge on any atom is 0.416 e. The van der Waals surface area contributed by atoms with Crippen LogP contribution < -0.4 is 26.2 Å². The van der Waals surface area contributed by atoms with E-state index in [-0.39, 0.29) is 72.0 Å². The highest BCUT2D eigenvalue weighted by molar-refractivity contribution is 7.15. The molecule has 488 valence electrons. The number of rotatable bonds is 14. The van der Waals surface area contributed by atoms with Gasteiger partial charge in [0.05, 0.1) is 59.3 Å². The number of carbonyl (C=O) groups is 8.